The van der Waals surface area contributed by atoms with E-state index in [1.165, 1.54) is 5.56 Å². The molecule has 1 atom stereocenters. The summed E-state index contributed by atoms with van der Waals surface area (Å²) in [6.45, 7) is 7.78. The predicted octanol–water partition coefficient (Wildman–Crippen LogP) is 4.14. The second-order valence-electron chi connectivity index (χ2n) is 6.94. The van der Waals surface area contributed by atoms with Crippen molar-refractivity contribution in [2.45, 2.75) is 31.3 Å². The fraction of sp³-hybridized carbons (Fsp3) is 0.500. The van der Waals surface area contributed by atoms with Gasteiger partial charge in [-0.25, -0.2) is 4.98 Å². The number of thiazole rings is 1. The molecule has 140 valence electrons. The molecule has 0 bridgehead atoms. The second kappa shape index (κ2) is 9.42. The van der Waals surface area contributed by atoms with E-state index in [-0.39, 0.29) is 5.25 Å². The SMILES string of the molecule is CC(C)C(SCc1ccccc1)C(=O)N1CCCN(c2nccs2)CC1. The predicted molar refractivity (Wildman–Crippen MR) is 112 cm³/mol. The van der Waals surface area contributed by atoms with Gasteiger partial charge in [0.1, 0.15) is 0 Å². The van der Waals surface area contributed by atoms with Crippen molar-refractivity contribution in [3.63, 3.8) is 0 Å². The molecule has 1 unspecified atom stereocenters. The number of hydrogen-bond acceptors (Lipinski definition) is 5. The van der Waals surface area contributed by atoms with Crippen LogP contribution in [0.25, 0.3) is 0 Å². The molecule has 1 amide bonds. The Kier molecular flexibility index (Phi) is 6.97. The van der Waals surface area contributed by atoms with Crippen LogP contribution in [0.3, 0.4) is 0 Å². The zero-order valence-corrected chi connectivity index (χ0v) is 17.1. The summed E-state index contributed by atoms with van der Waals surface area (Å²) in [5.41, 5.74) is 1.28. The van der Waals surface area contributed by atoms with Gasteiger partial charge in [-0.15, -0.1) is 23.1 Å². The van der Waals surface area contributed by atoms with Crippen molar-refractivity contribution in [3.8, 4) is 0 Å². The van der Waals surface area contributed by atoms with Gasteiger partial charge in [0.2, 0.25) is 5.91 Å². The minimum absolute atomic E-state index is 0.0154. The van der Waals surface area contributed by atoms with Crippen LogP contribution in [-0.2, 0) is 10.5 Å². The van der Waals surface area contributed by atoms with Crippen LogP contribution >= 0.6 is 23.1 Å². The number of amides is 1. The summed E-state index contributed by atoms with van der Waals surface area (Å²) in [6, 6.07) is 10.4. The normalized spacial score (nSPS) is 16.6. The zero-order valence-electron chi connectivity index (χ0n) is 15.5. The van der Waals surface area contributed by atoms with Gasteiger partial charge in [-0.05, 0) is 17.9 Å². The van der Waals surface area contributed by atoms with E-state index in [0.717, 1.165) is 43.5 Å². The number of anilines is 1. The van der Waals surface area contributed by atoms with E-state index in [1.54, 1.807) is 23.1 Å². The van der Waals surface area contributed by atoms with Crippen LogP contribution < -0.4 is 4.90 Å². The third-order valence-corrected chi connectivity index (χ3v) is 7.06. The third-order valence-electron chi connectivity index (χ3n) is 4.62. The first-order valence-electron chi connectivity index (χ1n) is 9.24. The maximum atomic E-state index is 13.2. The van der Waals surface area contributed by atoms with Crippen LogP contribution in [0.5, 0.6) is 0 Å². The smallest absolute Gasteiger partial charge is 0.236 e. The topological polar surface area (TPSA) is 36.4 Å². The lowest BCUT2D eigenvalue weighted by Gasteiger charge is -2.28. The van der Waals surface area contributed by atoms with Gasteiger partial charge in [0.15, 0.2) is 5.13 Å². The van der Waals surface area contributed by atoms with Gasteiger partial charge < -0.3 is 9.80 Å². The largest absolute Gasteiger partial charge is 0.346 e. The van der Waals surface area contributed by atoms with Crippen LogP contribution in [0.15, 0.2) is 41.9 Å². The molecule has 4 nitrogen and oxygen atoms in total. The van der Waals surface area contributed by atoms with E-state index in [0.29, 0.717) is 11.8 Å². The van der Waals surface area contributed by atoms with Crippen LogP contribution in [0.2, 0.25) is 0 Å². The van der Waals surface area contributed by atoms with Gasteiger partial charge in [-0.3, -0.25) is 4.79 Å². The lowest BCUT2D eigenvalue weighted by molar-refractivity contribution is -0.131. The Bertz CT molecular complexity index is 676. The van der Waals surface area contributed by atoms with Crippen LogP contribution in [0.4, 0.5) is 5.13 Å². The van der Waals surface area contributed by atoms with Crippen LogP contribution in [0.1, 0.15) is 25.8 Å². The van der Waals surface area contributed by atoms with E-state index < -0.39 is 0 Å². The van der Waals surface area contributed by atoms with Crippen molar-refractivity contribution >= 4 is 34.1 Å². The third kappa shape index (κ3) is 5.01. The summed E-state index contributed by atoms with van der Waals surface area (Å²) in [6.07, 6.45) is 2.85. The van der Waals surface area contributed by atoms with Crippen molar-refractivity contribution in [2.75, 3.05) is 31.1 Å². The molecule has 6 heteroatoms. The quantitative estimate of drug-likeness (QED) is 0.744. The Morgan fingerprint density at radius 1 is 1.19 bits per heavy atom. The van der Waals surface area contributed by atoms with Crippen molar-refractivity contribution < 1.29 is 4.79 Å². The first-order valence-corrected chi connectivity index (χ1v) is 11.2. The Labute approximate surface area is 164 Å². The number of thioether (sulfide) groups is 1. The zero-order chi connectivity index (χ0) is 18.4. The monoisotopic (exact) mass is 389 g/mol. The Hall–Kier alpha value is -1.53. The van der Waals surface area contributed by atoms with Crippen molar-refractivity contribution in [3.05, 3.63) is 47.5 Å². The standard InChI is InChI=1S/C20H27N3OS2/c1-16(2)18(26-15-17-7-4-3-5-8-17)19(24)22-10-6-11-23(13-12-22)20-21-9-14-25-20/h3-5,7-9,14,16,18H,6,10-13,15H2,1-2H3. The summed E-state index contributed by atoms with van der Waals surface area (Å²) < 4.78 is 0. The lowest BCUT2D eigenvalue weighted by Crippen LogP contribution is -2.42. The van der Waals surface area contributed by atoms with Gasteiger partial charge in [0.05, 0.1) is 5.25 Å². The number of nitrogens with zero attached hydrogens (tertiary/aromatic N) is 3. The molecule has 1 aromatic heterocycles. The summed E-state index contributed by atoms with van der Waals surface area (Å²) in [7, 11) is 0. The lowest BCUT2D eigenvalue weighted by atomic mass is 10.1. The molecule has 2 aromatic rings. The van der Waals surface area contributed by atoms with Crippen molar-refractivity contribution in [1.82, 2.24) is 9.88 Å². The van der Waals surface area contributed by atoms with Crippen LogP contribution in [-0.4, -0.2) is 47.2 Å². The average molecular weight is 390 g/mol. The summed E-state index contributed by atoms with van der Waals surface area (Å²) in [5, 5.41) is 3.10. The van der Waals surface area contributed by atoms with E-state index in [1.807, 2.05) is 17.6 Å². The molecule has 0 N–H and O–H groups in total. The fourth-order valence-electron chi connectivity index (χ4n) is 3.19. The average Bonchev–Trinajstić information content (AvgIpc) is 3.07. The number of aromatic nitrogens is 1. The van der Waals surface area contributed by atoms with Crippen LogP contribution in [0, 0.1) is 5.92 Å². The first kappa shape index (κ1) is 19.2. The fourth-order valence-corrected chi connectivity index (χ4v) is 5.13. The van der Waals surface area contributed by atoms with Gasteiger partial charge >= 0.3 is 0 Å². The second-order valence-corrected chi connectivity index (χ2v) is 8.94. The van der Waals surface area contributed by atoms with Gasteiger partial charge in [-0.2, -0.15) is 0 Å². The molecule has 1 aromatic carbocycles. The molecule has 1 aliphatic rings. The minimum atomic E-state index is 0.0154. The molecule has 26 heavy (non-hydrogen) atoms. The van der Waals surface area contributed by atoms with E-state index in [9.17, 15) is 4.79 Å². The molecule has 3 rings (SSSR count). The number of carbonyl (C=O) groups is 1. The molecule has 0 saturated carbocycles. The highest BCUT2D eigenvalue weighted by atomic mass is 32.2. The van der Waals surface area contributed by atoms with Crippen molar-refractivity contribution in [2.24, 2.45) is 5.92 Å². The number of carbonyl (C=O) groups excluding carboxylic acids is 1. The summed E-state index contributed by atoms with van der Waals surface area (Å²) in [4.78, 5) is 22.0. The molecular weight excluding hydrogens is 362 g/mol. The maximum Gasteiger partial charge on any atom is 0.236 e. The molecule has 0 spiro atoms. The first-order chi connectivity index (χ1) is 12.6. The van der Waals surface area contributed by atoms with E-state index >= 15 is 0 Å². The highest BCUT2D eigenvalue weighted by Crippen LogP contribution is 2.27. The number of benzene rings is 1. The molecular formula is C20H27N3OS2. The van der Waals surface area contributed by atoms with Gasteiger partial charge in [0.25, 0.3) is 0 Å². The molecule has 0 aliphatic carbocycles. The molecule has 1 saturated heterocycles. The van der Waals surface area contributed by atoms with E-state index in [2.05, 4.69) is 52.9 Å². The highest BCUT2D eigenvalue weighted by molar-refractivity contribution is 7.99. The summed E-state index contributed by atoms with van der Waals surface area (Å²) in [5.74, 6) is 1.51. The van der Waals surface area contributed by atoms with Crippen molar-refractivity contribution in [1.29, 1.82) is 0 Å². The summed E-state index contributed by atoms with van der Waals surface area (Å²) >= 11 is 3.45. The Morgan fingerprint density at radius 2 is 2.00 bits per heavy atom. The molecule has 1 fully saturated rings. The van der Waals surface area contributed by atoms with Gasteiger partial charge in [0, 0.05) is 43.5 Å². The molecule has 1 aliphatic heterocycles. The van der Waals surface area contributed by atoms with E-state index in [4.69, 9.17) is 0 Å². The maximum absolute atomic E-state index is 13.2. The highest BCUT2D eigenvalue weighted by Gasteiger charge is 2.29. The molecule has 2 heterocycles. The number of hydrogen-bond donors (Lipinski definition) is 0. The Morgan fingerprint density at radius 3 is 2.69 bits per heavy atom. The molecule has 0 radical (unpaired) electrons. The van der Waals surface area contributed by atoms with Gasteiger partial charge in [-0.1, -0.05) is 44.2 Å². The number of rotatable bonds is 6. The Balaban J connectivity index is 1.59. The minimum Gasteiger partial charge on any atom is -0.346 e.